The zero-order valence-electron chi connectivity index (χ0n) is 12.9. The van der Waals surface area contributed by atoms with Crippen LogP contribution in [0, 0.1) is 11.3 Å². The fourth-order valence-electron chi connectivity index (χ4n) is 2.59. The Morgan fingerprint density at radius 3 is 2.65 bits per heavy atom. The molecule has 3 nitrogen and oxygen atoms in total. The second kappa shape index (κ2) is 6.15. The SMILES string of the molecule is C=C(OC)c1ccc2sc(C#N)c(-c3ccccc3OC)c2c1. The van der Waals surface area contributed by atoms with Gasteiger partial charge in [-0.05, 0) is 24.3 Å². The van der Waals surface area contributed by atoms with Crippen molar-refractivity contribution in [3.05, 3.63) is 59.5 Å². The number of nitrogens with zero attached hydrogens (tertiary/aromatic N) is 1. The summed E-state index contributed by atoms with van der Waals surface area (Å²) >= 11 is 1.48. The highest BCUT2D eigenvalue weighted by molar-refractivity contribution is 7.20. The largest absolute Gasteiger partial charge is 0.497 e. The van der Waals surface area contributed by atoms with Crippen molar-refractivity contribution in [2.45, 2.75) is 0 Å². The van der Waals surface area contributed by atoms with E-state index in [0.717, 1.165) is 32.5 Å². The number of hydrogen-bond acceptors (Lipinski definition) is 4. The van der Waals surface area contributed by atoms with Gasteiger partial charge in [-0.3, -0.25) is 0 Å². The molecule has 0 aliphatic heterocycles. The molecule has 0 spiro atoms. The van der Waals surface area contributed by atoms with Gasteiger partial charge in [0.15, 0.2) is 0 Å². The average molecular weight is 321 g/mol. The quantitative estimate of drug-likeness (QED) is 0.630. The molecule has 0 unspecified atom stereocenters. The van der Waals surface area contributed by atoms with E-state index in [1.807, 2.05) is 42.5 Å². The fourth-order valence-corrected chi connectivity index (χ4v) is 3.58. The summed E-state index contributed by atoms with van der Waals surface area (Å²) in [6, 6.07) is 16.0. The van der Waals surface area contributed by atoms with Crippen LogP contribution in [0.25, 0.3) is 27.0 Å². The minimum absolute atomic E-state index is 0.600. The van der Waals surface area contributed by atoms with Crippen molar-refractivity contribution in [1.29, 1.82) is 5.26 Å². The number of hydrogen-bond donors (Lipinski definition) is 0. The fraction of sp³-hybridized carbons (Fsp3) is 0.105. The van der Waals surface area contributed by atoms with E-state index in [9.17, 15) is 5.26 Å². The number of thiophene rings is 1. The van der Waals surface area contributed by atoms with Crippen molar-refractivity contribution in [1.82, 2.24) is 0 Å². The summed E-state index contributed by atoms with van der Waals surface area (Å²) in [6.07, 6.45) is 0. The second-order valence-electron chi connectivity index (χ2n) is 4.96. The van der Waals surface area contributed by atoms with Crippen molar-refractivity contribution in [3.63, 3.8) is 0 Å². The topological polar surface area (TPSA) is 42.2 Å². The van der Waals surface area contributed by atoms with Crippen LogP contribution in [0.2, 0.25) is 0 Å². The summed E-state index contributed by atoms with van der Waals surface area (Å²) in [7, 11) is 3.24. The summed E-state index contributed by atoms with van der Waals surface area (Å²) < 4.78 is 11.7. The maximum Gasteiger partial charge on any atom is 0.126 e. The third-order valence-electron chi connectivity index (χ3n) is 3.73. The molecule has 114 valence electrons. The maximum absolute atomic E-state index is 9.55. The van der Waals surface area contributed by atoms with Crippen LogP contribution < -0.4 is 4.74 Å². The lowest BCUT2D eigenvalue weighted by Crippen LogP contribution is -1.89. The number of para-hydroxylation sites is 1. The van der Waals surface area contributed by atoms with Gasteiger partial charge in [-0.2, -0.15) is 5.26 Å². The number of fused-ring (bicyclic) bond motifs is 1. The highest BCUT2D eigenvalue weighted by Crippen LogP contribution is 2.42. The van der Waals surface area contributed by atoms with Crippen LogP contribution in [0.5, 0.6) is 5.75 Å². The molecular weight excluding hydrogens is 306 g/mol. The highest BCUT2D eigenvalue weighted by Gasteiger charge is 2.18. The number of methoxy groups -OCH3 is 2. The van der Waals surface area contributed by atoms with Crippen LogP contribution in [-0.4, -0.2) is 14.2 Å². The van der Waals surface area contributed by atoms with Gasteiger partial charge in [0.25, 0.3) is 0 Å². The molecular formula is C19H15NO2S. The summed E-state index contributed by atoms with van der Waals surface area (Å²) in [5, 5.41) is 10.6. The Hall–Kier alpha value is -2.77. The lowest BCUT2D eigenvalue weighted by atomic mass is 9.99. The molecule has 0 amide bonds. The first-order chi connectivity index (χ1) is 11.2. The smallest absolute Gasteiger partial charge is 0.126 e. The molecule has 3 rings (SSSR count). The van der Waals surface area contributed by atoms with Crippen LogP contribution in [0.4, 0.5) is 0 Å². The van der Waals surface area contributed by atoms with Gasteiger partial charge in [-0.25, -0.2) is 0 Å². The molecule has 0 aliphatic rings. The Labute approximate surface area is 139 Å². The van der Waals surface area contributed by atoms with E-state index in [2.05, 4.69) is 12.6 Å². The van der Waals surface area contributed by atoms with E-state index < -0.39 is 0 Å². The van der Waals surface area contributed by atoms with Crippen molar-refractivity contribution < 1.29 is 9.47 Å². The number of ether oxygens (including phenoxy) is 2. The van der Waals surface area contributed by atoms with Gasteiger partial charge in [0.05, 0.1) is 14.2 Å². The Kier molecular flexibility index (Phi) is 4.05. The van der Waals surface area contributed by atoms with Crippen molar-refractivity contribution >= 4 is 27.2 Å². The van der Waals surface area contributed by atoms with Gasteiger partial charge in [-0.15, -0.1) is 11.3 Å². The molecule has 2 aromatic carbocycles. The van der Waals surface area contributed by atoms with Crippen molar-refractivity contribution in [2.24, 2.45) is 0 Å². The minimum Gasteiger partial charge on any atom is -0.497 e. The zero-order chi connectivity index (χ0) is 16.4. The van der Waals surface area contributed by atoms with Crippen LogP contribution >= 0.6 is 11.3 Å². The molecule has 0 N–H and O–H groups in total. The predicted octanol–water partition coefficient (Wildman–Crippen LogP) is 5.07. The first kappa shape index (κ1) is 15.1. The van der Waals surface area contributed by atoms with Crippen LogP contribution in [0.15, 0.2) is 49.0 Å². The van der Waals surface area contributed by atoms with E-state index in [4.69, 9.17) is 9.47 Å². The Bertz CT molecular complexity index is 934. The van der Waals surface area contributed by atoms with E-state index in [1.165, 1.54) is 11.3 Å². The Morgan fingerprint density at radius 1 is 1.17 bits per heavy atom. The number of rotatable bonds is 4. The van der Waals surface area contributed by atoms with Gasteiger partial charge in [0.2, 0.25) is 0 Å². The molecule has 0 fully saturated rings. The molecule has 4 heteroatoms. The van der Waals surface area contributed by atoms with E-state index >= 15 is 0 Å². The number of nitriles is 1. The van der Waals surface area contributed by atoms with E-state index in [0.29, 0.717) is 10.6 Å². The normalized spacial score (nSPS) is 10.3. The third-order valence-corrected chi connectivity index (χ3v) is 4.81. The summed E-state index contributed by atoms with van der Waals surface area (Å²) in [5.41, 5.74) is 2.71. The standard InChI is InChI=1S/C19H15NO2S/c1-12(21-2)13-8-9-17-15(10-13)19(18(11-20)23-17)14-6-4-5-7-16(14)22-3/h4-10H,1H2,2-3H3. The molecule has 1 heterocycles. The first-order valence-corrected chi connectivity index (χ1v) is 7.84. The van der Waals surface area contributed by atoms with Crippen LogP contribution in [0.3, 0.4) is 0 Å². The molecule has 0 atom stereocenters. The lowest BCUT2D eigenvalue weighted by Gasteiger charge is -2.09. The molecule has 23 heavy (non-hydrogen) atoms. The van der Waals surface area contributed by atoms with Gasteiger partial charge in [0.1, 0.15) is 22.5 Å². The second-order valence-corrected chi connectivity index (χ2v) is 6.01. The van der Waals surface area contributed by atoms with E-state index in [1.54, 1.807) is 14.2 Å². The average Bonchev–Trinajstić information content (AvgIpc) is 2.98. The van der Waals surface area contributed by atoms with Crippen LogP contribution in [-0.2, 0) is 4.74 Å². The minimum atomic E-state index is 0.600. The first-order valence-electron chi connectivity index (χ1n) is 7.03. The highest BCUT2D eigenvalue weighted by atomic mass is 32.1. The summed E-state index contributed by atoms with van der Waals surface area (Å²) in [6.45, 7) is 3.90. The Morgan fingerprint density at radius 2 is 1.96 bits per heavy atom. The predicted molar refractivity (Wildman–Crippen MR) is 94.6 cm³/mol. The van der Waals surface area contributed by atoms with Crippen molar-refractivity contribution in [3.8, 4) is 22.9 Å². The van der Waals surface area contributed by atoms with E-state index in [-0.39, 0.29) is 0 Å². The summed E-state index contributed by atoms with van der Waals surface area (Å²) in [4.78, 5) is 0.671. The lowest BCUT2D eigenvalue weighted by molar-refractivity contribution is 0.371. The van der Waals surface area contributed by atoms with Gasteiger partial charge in [0, 0.05) is 26.8 Å². The Balaban J connectivity index is 2.34. The third kappa shape index (κ3) is 2.56. The molecule has 0 saturated carbocycles. The van der Waals surface area contributed by atoms with Gasteiger partial charge < -0.3 is 9.47 Å². The van der Waals surface area contributed by atoms with Gasteiger partial charge in [-0.1, -0.05) is 24.8 Å². The molecule has 0 saturated heterocycles. The summed E-state index contributed by atoms with van der Waals surface area (Å²) in [5.74, 6) is 1.35. The van der Waals surface area contributed by atoms with Crippen molar-refractivity contribution in [2.75, 3.05) is 14.2 Å². The van der Waals surface area contributed by atoms with Crippen LogP contribution in [0.1, 0.15) is 10.4 Å². The molecule has 0 bridgehead atoms. The molecule has 3 aromatic rings. The zero-order valence-corrected chi connectivity index (χ0v) is 13.7. The molecule has 0 radical (unpaired) electrons. The maximum atomic E-state index is 9.55. The van der Waals surface area contributed by atoms with Gasteiger partial charge >= 0.3 is 0 Å². The number of benzene rings is 2. The molecule has 0 aliphatic carbocycles. The monoisotopic (exact) mass is 321 g/mol. The molecule has 1 aromatic heterocycles.